The second-order valence-corrected chi connectivity index (χ2v) is 7.74. The maximum Gasteiger partial charge on any atom is 0.255 e. The minimum atomic E-state index is -0.105. The van der Waals surface area contributed by atoms with Crippen molar-refractivity contribution >= 4 is 34.8 Å². The molecule has 2 aromatic carbocycles. The van der Waals surface area contributed by atoms with Gasteiger partial charge in [0, 0.05) is 36.6 Å². The molecule has 0 unspecified atom stereocenters. The Hall–Kier alpha value is -1.85. The van der Waals surface area contributed by atoms with Crippen molar-refractivity contribution in [2.75, 3.05) is 6.54 Å². The van der Waals surface area contributed by atoms with Gasteiger partial charge in [0.1, 0.15) is 5.82 Å². The van der Waals surface area contributed by atoms with Crippen LogP contribution in [0.4, 0.5) is 0 Å². The molecule has 27 heavy (non-hydrogen) atoms. The zero-order valence-corrected chi connectivity index (χ0v) is 16.6. The highest BCUT2D eigenvalue weighted by Gasteiger charge is 2.22. The predicted molar refractivity (Wildman–Crippen MR) is 110 cm³/mol. The Kier molecular flexibility index (Phi) is 5.24. The van der Waals surface area contributed by atoms with E-state index < -0.39 is 0 Å². The molecule has 138 valence electrons. The lowest BCUT2D eigenvalue weighted by Gasteiger charge is -2.28. The zero-order chi connectivity index (χ0) is 19.0. The second-order valence-electron chi connectivity index (χ2n) is 6.52. The zero-order valence-electron chi connectivity index (χ0n) is 14.3. The van der Waals surface area contributed by atoms with E-state index in [1.165, 1.54) is 0 Å². The number of nitrogens with zero attached hydrogens (tertiary/aromatic N) is 2. The topological polar surface area (TPSA) is 49.0 Å². The number of aromatic amines is 1. The van der Waals surface area contributed by atoms with E-state index in [2.05, 4.69) is 14.9 Å². The van der Waals surface area contributed by atoms with Crippen LogP contribution in [0.25, 0.3) is 11.4 Å². The number of hydrogen-bond acceptors (Lipinski definition) is 3. The molecule has 0 bridgehead atoms. The van der Waals surface area contributed by atoms with Crippen molar-refractivity contribution in [2.24, 2.45) is 0 Å². The van der Waals surface area contributed by atoms with Gasteiger partial charge >= 0.3 is 0 Å². The molecule has 0 radical (unpaired) electrons. The van der Waals surface area contributed by atoms with Crippen LogP contribution in [0.15, 0.2) is 47.3 Å². The van der Waals surface area contributed by atoms with Gasteiger partial charge in [-0.15, -0.1) is 0 Å². The number of rotatable bonds is 3. The van der Waals surface area contributed by atoms with Crippen molar-refractivity contribution in [3.05, 3.63) is 84.7 Å². The van der Waals surface area contributed by atoms with Crippen LogP contribution >= 0.6 is 34.8 Å². The van der Waals surface area contributed by atoms with E-state index in [4.69, 9.17) is 34.8 Å². The highest BCUT2D eigenvalue weighted by Crippen LogP contribution is 2.28. The maximum absolute atomic E-state index is 12.6. The van der Waals surface area contributed by atoms with E-state index in [0.717, 1.165) is 23.4 Å². The average molecular weight is 421 g/mol. The Labute approximate surface area is 171 Å². The molecule has 0 saturated carbocycles. The molecule has 3 aromatic rings. The number of benzene rings is 2. The predicted octanol–water partition coefficient (Wildman–Crippen LogP) is 4.96. The quantitative estimate of drug-likeness (QED) is 0.652. The van der Waals surface area contributed by atoms with Crippen molar-refractivity contribution in [3.63, 3.8) is 0 Å². The van der Waals surface area contributed by atoms with Crippen LogP contribution in [0, 0.1) is 0 Å². The molecule has 2 heterocycles. The minimum Gasteiger partial charge on any atom is -0.306 e. The summed E-state index contributed by atoms with van der Waals surface area (Å²) in [6.45, 7) is 1.96. The Morgan fingerprint density at radius 3 is 2.63 bits per heavy atom. The molecule has 1 aromatic heterocycles. The van der Waals surface area contributed by atoms with Crippen molar-refractivity contribution in [1.82, 2.24) is 14.9 Å². The summed E-state index contributed by atoms with van der Waals surface area (Å²) in [6.07, 6.45) is 0.706. The number of halogens is 3. The fourth-order valence-electron chi connectivity index (χ4n) is 3.27. The molecule has 0 aliphatic carbocycles. The largest absolute Gasteiger partial charge is 0.306 e. The van der Waals surface area contributed by atoms with Crippen LogP contribution in [-0.4, -0.2) is 21.4 Å². The van der Waals surface area contributed by atoms with Gasteiger partial charge in [0.15, 0.2) is 0 Å². The summed E-state index contributed by atoms with van der Waals surface area (Å²) in [5.74, 6) is 0.571. The van der Waals surface area contributed by atoms with Gasteiger partial charge in [0.2, 0.25) is 0 Å². The van der Waals surface area contributed by atoms with Crippen molar-refractivity contribution in [3.8, 4) is 11.4 Å². The second kappa shape index (κ2) is 7.64. The number of hydrogen-bond donors (Lipinski definition) is 1. The van der Waals surface area contributed by atoms with E-state index in [1.54, 1.807) is 18.2 Å². The summed E-state index contributed by atoms with van der Waals surface area (Å²) in [6, 6.07) is 12.9. The third-order valence-electron chi connectivity index (χ3n) is 4.69. The Balaban J connectivity index is 1.59. The maximum atomic E-state index is 12.6. The first-order chi connectivity index (χ1) is 13.0. The summed E-state index contributed by atoms with van der Waals surface area (Å²) >= 11 is 18.3. The summed E-state index contributed by atoms with van der Waals surface area (Å²) in [7, 11) is 0. The van der Waals surface area contributed by atoms with Gasteiger partial charge in [0.05, 0.1) is 21.3 Å². The average Bonchev–Trinajstić information content (AvgIpc) is 2.66. The van der Waals surface area contributed by atoms with Crippen LogP contribution in [0.1, 0.15) is 16.8 Å². The lowest BCUT2D eigenvalue weighted by Crippen LogP contribution is -2.35. The molecular formula is C20H16Cl3N3O. The highest BCUT2D eigenvalue weighted by molar-refractivity contribution is 6.42. The van der Waals surface area contributed by atoms with Crippen LogP contribution < -0.4 is 5.56 Å². The van der Waals surface area contributed by atoms with Gasteiger partial charge in [-0.3, -0.25) is 9.69 Å². The van der Waals surface area contributed by atoms with E-state index >= 15 is 0 Å². The number of fused-ring (bicyclic) bond motifs is 1. The molecule has 1 N–H and O–H groups in total. The molecule has 4 rings (SSSR count). The van der Waals surface area contributed by atoms with Gasteiger partial charge in [0.25, 0.3) is 5.56 Å². The van der Waals surface area contributed by atoms with Crippen LogP contribution in [0.2, 0.25) is 15.1 Å². The lowest BCUT2D eigenvalue weighted by molar-refractivity contribution is 0.242. The molecule has 7 heteroatoms. The Morgan fingerprint density at radius 1 is 1.07 bits per heavy atom. The van der Waals surface area contributed by atoms with Crippen molar-refractivity contribution in [2.45, 2.75) is 19.5 Å². The van der Waals surface area contributed by atoms with E-state index in [0.29, 0.717) is 46.0 Å². The number of H-pyrrole nitrogens is 1. The normalized spacial score (nSPS) is 14.2. The fraction of sp³-hybridized carbons (Fsp3) is 0.200. The molecule has 1 aliphatic heterocycles. The highest BCUT2D eigenvalue weighted by atomic mass is 35.5. The molecule has 0 atom stereocenters. The van der Waals surface area contributed by atoms with E-state index in [-0.39, 0.29) is 5.56 Å². The molecule has 0 fully saturated rings. The third kappa shape index (κ3) is 3.90. The molecule has 4 nitrogen and oxygen atoms in total. The first-order valence-electron chi connectivity index (χ1n) is 8.54. The van der Waals surface area contributed by atoms with Gasteiger partial charge in [-0.2, -0.15) is 0 Å². The summed E-state index contributed by atoms with van der Waals surface area (Å²) in [5.41, 5.74) is 3.24. The molecule has 1 aliphatic rings. The smallest absolute Gasteiger partial charge is 0.255 e. The SMILES string of the molecule is O=c1[nH]c(-c2ccc(Cl)cc2)nc2c1CN(Cc1cccc(Cl)c1Cl)CC2. The minimum absolute atomic E-state index is 0.105. The Bertz CT molecular complexity index is 1050. The van der Waals surface area contributed by atoms with Crippen LogP contribution in [0.3, 0.4) is 0 Å². The van der Waals surface area contributed by atoms with Crippen molar-refractivity contribution in [1.29, 1.82) is 0 Å². The van der Waals surface area contributed by atoms with Gasteiger partial charge < -0.3 is 4.98 Å². The summed E-state index contributed by atoms with van der Waals surface area (Å²) in [5, 5.41) is 1.75. The van der Waals surface area contributed by atoms with Gasteiger partial charge in [-0.1, -0.05) is 46.9 Å². The molecule has 0 saturated heterocycles. The fourth-order valence-corrected chi connectivity index (χ4v) is 3.78. The molecular weight excluding hydrogens is 405 g/mol. The molecule has 0 amide bonds. The third-order valence-corrected chi connectivity index (χ3v) is 5.80. The van der Waals surface area contributed by atoms with E-state index in [1.807, 2.05) is 24.3 Å². The summed E-state index contributed by atoms with van der Waals surface area (Å²) < 4.78 is 0. The first kappa shape index (κ1) is 18.5. The van der Waals surface area contributed by atoms with Crippen LogP contribution in [-0.2, 0) is 19.5 Å². The Morgan fingerprint density at radius 2 is 1.85 bits per heavy atom. The van der Waals surface area contributed by atoms with Crippen molar-refractivity contribution < 1.29 is 0 Å². The van der Waals surface area contributed by atoms with E-state index in [9.17, 15) is 4.79 Å². The first-order valence-corrected chi connectivity index (χ1v) is 9.68. The lowest BCUT2D eigenvalue weighted by atomic mass is 10.1. The monoisotopic (exact) mass is 419 g/mol. The standard InChI is InChI=1S/C20H16Cl3N3O/c21-14-6-4-12(5-7-14)19-24-17-8-9-26(11-15(17)20(27)25-19)10-13-2-1-3-16(22)18(13)23/h1-7H,8-11H2,(H,24,25,27). The van der Waals surface area contributed by atoms with Crippen LogP contribution in [0.5, 0.6) is 0 Å². The van der Waals surface area contributed by atoms with Gasteiger partial charge in [-0.05, 0) is 35.9 Å². The number of aromatic nitrogens is 2. The molecule has 0 spiro atoms. The van der Waals surface area contributed by atoms with Gasteiger partial charge in [-0.25, -0.2) is 4.98 Å². The number of nitrogens with one attached hydrogen (secondary N) is 1. The summed E-state index contributed by atoms with van der Waals surface area (Å²) in [4.78, 5) is 22.4.